The molecule has 0 amide bonds. The summed E-state index contributed by atoms with van der Waals surface area (Å²) in [6.45, 7) is 4.47. The molecule has 1 aromatic carbocycles. The molecule has 0 bridgehead atoms. The summed E-state index contributed by atoms with van der Waals surface area (Å²) in [5.41, 5.74) is 2.83. The predicted molar refractivity (Wildman–Crippen MR) is 129 cm³/mol. The third kappa shape index (κ3) is 7.40. The fraction of sp³-hybridized carbons (Fsp3) is 0.643. The van der Waals surface area contributed by atoms with Crippen LogP contribution in [-0.4, -0.2) is 9.97 Å². The monoisotopic (exact) mass is 424 g/mol. The summed E-state index contributed by atoms with van der Waals surface area (Å²) >= 11 is 0. The zero-order chi connectivity index (χ0) is 21.9. The van der Waals surface area contributed by atoms with Crippen LogP contribution in [0.25, 0.3) is 11.4 Å². The van der Waals surface area contributed by atoms with Gasteiger partial charge >= 0.3 is 0 Å². The molecule has 0 saturated heterocycles. The van der Waals surface area contributed by atoms with Gasteiger partial charge in [-0.25, -0.2) is 14.4 Å². The van der Waals surface area contributed by atoms with Crippen LogP contribution in [0, 0.1) is 11.7 Å². The maximum absolute atomic E-state index is 14.5. The number of nitrogens with zero attached hydrogens (tertiary/aromatic N) is 2. The third-order valence-electron chi connectivity index (χ3n) is 7.07. The van der Waals surface area contributed by atoms with E-state index in [2.05, 4.69) is 23.8 Å². The van der Waals surface area contributed by atoms with Crippen molar-refractivity contribution in [2.24, 2.45) is 5.92 Å². The second kappa shape index (κ2) is 12.9. The topological polar surface area (TPSA) is 25.8 Å². The van der Waals surface area contributed by atoms with Crippen LogP contribution < -0.4 is 0 Å². The molecule has 0 spiro atoms. The standard InChI is InChI=1S/C28H41FN2/c1-3-5-7-9-11-22-13-15-23(16-14-22)26-20-30-28(31-21-26)25-18-17-24(27(29)19-25)12-10-8-6-4-2/h17-23H,3-16H2,1-2H3. The Labute approximate surface area is 189 Å². The fourth-order valence-electron chi connectivity index (χ4n) is 4.97. The average molecular weight is 425 g/mol. The molecule has 0 radical (unpaired) electrons. The van der Waals surface area contributed by atoms with Gasteiger partial charge in [0.15, 0.2) is 5.82 Å². The van der Waals surface area contributed by atoms with E-state index in [0.29, 0.717) is 11.7 Å². The molecule has 170 valence electrons. The Hall–Kier alpha value is -1.77. The van der Waals surface area contributed by atoms with Gasteiger partial charge in [-0.3, -0.25) is 0 Å². The summed E-state index contributed by atoms with van der Waals surface area (Å²) in [6, 6.07) is 5.49. The highest BCUT2D eigenvalue weighted by Crippen LogP contribution is 2.37. The van der Waals surface area contributed by atoms with Gasteiger partial charge in [-0.1, -0.05) is 77.3 Å². The molecule has 1 aliphatic carbocycles. The lowest BCUT2D eigenvalue weighted by atomic mass is 9.77. The molecular weight excluding hydrogens is 383 g/mol. The number of rotatable bonds is 12. The minimum Gasteiger partial charge on any atom is -0.236 e. The van der Waals surface area contributed by atoms with Crippen LogP contribution in [0.3, 0.4) is 0 Å². The molecule has 1 aliphatic rings. The van der Waals surface area contributed by atoms with Crippen molar-refractivity contribution in [3.8, 4) is 11.4 Å². The van der Waals surface area contributed by atoms with Gasteiger partial charge in [-0.05, 0) is 67.6 Å². The van der Waals surface area contributed by atoms with Crippen molar-refractivity contribution in [1.82, 2.24) is 9.97 Å². The Bertz CT molecular complexity index is 763. The molecule has 0 unspecified atom stereocenters. The molecule has 2 nitrogen and oxygen atoms in total. The first-order valence-corrected chi connectivity index (χ1v) is 12.8. The zero-order valence-electron chi connectivity index (χ0n) is 19.7. The molecule has 0 atom stereocenters. The quantitative estimate of drug-likeness (QED) is 0.319. The summed E-state index contributed by atoms with van der Waals surface area (Å²) in [7, 11) is 0. The van der Waals surface area contributed by atoms with Gasteiger partial charge in [-0.15, -0.1) is 0 Å². The van der Waals surface area contributed by atoms with E-state index < -0.39 is 0 Å². The third-order valence-corrected chi connectivity index (χ3v) is 7.07. The summed E-state index contributed by atoms with van der Waals surface area (Å²) in [4.78, 5) is 9.19. The molecule has 0 aliphatic heterocycles. The molecule has 1 heterocycles. The van der Waals surface area contributed by atoms with E-state index in [0.717, 1.165) is 29.9 Å². The highest BCUT2D eigenvalue weighted by molar-refractivity contribution is 5.55. The van der Waals surface area contributed by atoms with Crippen molar-refractivity contribution in [3.63, 3.8) is 0 Å². The van der Waals surface area contributed by atoms with Crippen molar-refractivity contribution >= 4 is 0 Å². The van der Waals surface area contributed by atoms with E-state index in [1.807, 2.05) is 24.5 Å². The van der Waals surface area contributed by atoms with Crippen LogP contribution >= 0.6 is 0 Å². The van der Waals surface area contributed by atoms with Gasteiger partial charge in [-0.2, -0.15) is 0 Å². The van der Waals surface area contributed by atoms with E-state index in [4.69, 9.17) is 0 Å². The van der Waals surface area contributed by atoms with E-state index >= 15 is 0 Å². The van der Waals surface area contributed by atoms with Crippen molar-refractivity contribution < 1.29 is 4.39 Å². The van der Waals surface area contributed by atoms with E-state index in [9.17, 15) is 4.39 Å². The first-order valence-electron chi connectivity index (χ1n) is 12.8. The van der Waals surface area contributed by atoms with Crippen LogP contribution in [-0.2, 0) is 6.42 Å². The Balaban J connectivity index is 1.50. The van der Waals surface area contributed by atoms with E-state index in [1.165, 1.54) is 82.6 Å². The number of benzene rings is 1. The lowest BCUT2D eigenvalue weighted by molar-refractivity contribution is 0.301. The predicted octanol–water partition coefficient (Wildman–Crippen LogP) is 8.65. The van der Waals surface area contributed by atoms with Gasteiger partial charge in [0.1, 0.15) is 5.82 Å². The second-order valence-electron chi connectivity index (χ2n) is 9.52. The Morgan fingerprint density at radius 2 is 1.52 bits per heavy atom. The lowest BCUT2D eigenvalue weighted by Gasteiger charge is -2.28. The summed E-state index contributed by atoms with van der Waals surface area (Å²) in [6.07, 6.45) is 21.5. The van der Waals surface area contributed by atoms with Gasteiger partial charge in [0.25, 0.3) is 0 Å². The number of unbranched alkanes of at least 4 members (excludes halogenated alkanes) is 6. The van der Waals surface area contributed by atoms with Crippen LogP contribution in [0.1, 0.15) is 114 Å². The molecular formula is C28H41FN2. The molecule has 1 aromatic heterocycles. The molecule has 3 heteroatoms. The number of aromatic nitrogens is 2. The Morgan fingerprint density at radius 1 is 0.839 bits per heavy atom. The number of hydrogen-bond acceptors (Lipinski definition) is 2. The molecule has 3 rings (SSSR count). The van der Waals surface area contributed by atoms with E-state index in [1.54, 1.807) is 6.07 Å². The summed E-state index contributed by atoms with van der Waals surface area (Å²) in [5, 5.41) is 0. The van der Waals surface area contributed by atoms with Crippen molar-refractivity contribution in [1.29, 1.82) is 0 Å². The maximum Gasteiger partial charge on any atom is 0.159 e. The SMILES string of the molecule is CCCCCCc1ccc(-c2ncc(C3CCC(CCCCCC)CC3)cn2)cc1F. The number of halogens is 1. The Kier molecular flexibility index (Phi) is 9.96. The first-order chi connectivity index (χ1) is 15.2. The molecule has 1 saturated carbocycles. The smallest absolute Gasteiger partial charge is 0.159 e. The van der Waals surface area contributed by atoms with Gasteiger partial charge in [0, 0.05) is 18.0 Å². The molecule has 0 N–H and O–H groups in total. The molecule has 31 heavy (non-hydrogen) atoms. The summed E-state index contributed by atoms with van der Waals surface area (Å²) in [5.74, 6) is 2.00. The molecule has 1 fully saturated rings. The van der Waals surface area contributed by atoms with Gasteiger partial charge in [0.2, 0.25) is 0 Å². The van der Waals surface area contributed by atoms with Crippen molar-refractivity contribution in [2.45, 2.75) is 110 Å². The van der Waals surface area contributed by atoms with Gasteiger partial charge < -0.3 is 0 Å². The first kappa shape index (κ1) is 23.9. The van der Waals surface area contributed by atoms with Crippen molar-refractivity contribution in [3.05, 3.63) is 47.5 Å². The summed E-state index contributed by atoms with van der Waals surface area (Å²) < 4.78 is 14.5. The van der Waals surface area contributed by atoms with Crippen LogP contribution in [0.4, 0.5) is 4.39 Å². The highest BCUT2D eigenvalue weighted by Gasteiger charge is 2.22. The number of hydrogen-bond donors (Lipinski definition) is 0. The minimum absolute atomic E-state index is 0.126. The zero-order valence-corrected chi connectivity index (χ0v) is 19.7. The minimum atomic E-state index is -0.126. The Morgan fingerprint density at radius 3 is 2.16 bits per heavy atom. The van der Waals surface area contributed by atoms with E-state index in [-0.39, 0.29) is 5.82 Å². The second-order valence-corrected chi connectivity index (χ2v) is 9.52. The van der Waals surface area contributed by atoms with Crippen LogP contribution in [0.5, 0.6) is 0 Å². The lowest BCUT2D eigenvalue weighted by Crippen LogP contribution is -2.14. The normalized spacial score (nSPS) is 18.9. The number of aryl methyl sites for hydroxylation is 1. The average Bonchev–Trinajstić information content (AvgIpc) is 2.81. The molecule has 2 aromatic rings. The maximum atomic E-state index is 14.5. The highest BCUT2D eigenvalue weighted by atomic mass is 19.1. The van der Waals surface area contributed by atoms with Crippen LogP contribution in [0.2, 0.25) is 0 Å². The van der Waals surface area contributed by atoms with Crippen LogP contribution in [0.15, 0.2) is 30.6 Å². The largest absolute Gasteiger partial charge is 0.236 e. The fourth-order valence-corrected chi connectivity index (χ4v) is 4.97. The van der Waals surface area contributed by atoms with Crippen molar-refractivity contribution in [2.75, 3.05) is 0 Å². The van der Waals surface area contributed by atoms with Gasteiger partial charge in [0.05, 0.1) is 0 Å².